The molecule has 2 amide bonds. The summed E-state index contributed by atoms with van der Waals surface area (Å²) in [6, 6.07) is 10.6. The summed E-state index contributed by atoms with van der Waals surface area (Å²) < 4.78 is 18.1. The third kappa shape index (κ3) is 5.82. The number of imidazole rings is 1. The number of hydrogen-bond donors (Lipinski definition) is 2. The molecule has 0 saturated heterocycles. The van der Waals surface area contributed by atoms with E-state index in [0.29, 0.717) is 23.7 Å². The predicted octanol–water partition coefficient (Wildman–Crippen LogP) is 3.19. The fraction of sp³-hybridized carbons (Fsp3) is 0.292. The van der Waals surface area contributed by atoms with Crippen LogP contribution in [-0.4, -0.2) is 42.2 Å². The second-order valence-electron chi connectivity index (χ2n) is 7.69. The minimum atomic E-state index is -0.642. The topological polar surface area (TPSA) is 118 Å². The lowest BCUT2D eigenvalue weighted by Crippen LogP contribution is -2.20. The fourth-order valence-corrected chi connectivity index (χ4v) is 3.40. The Morgan fingerprint density at radius 3 is 2.42 bits per heavy atom. The van der Waals surface area contributed by atoms with Gasteiger partial charge in [-0.1, -0.05) is 26.0 Å². The zero-order valence-electron chi connectivity index (χ0n) is 19.1. The van der Waals surface area contributed by atoms with Crippen molar-refractivity contribution >= 4 is 17.5 Å². The van der Waals surface area contributed by atoms with Crippen molar-refractivity contribution in [1.29, 1.82) is 0 Å². The van der Waals surface area contributed by atoms with Crippen molar-refractivity contribution in [2.75, 3.05) is 26.1 Å². The lowest BCUT2D eigenvalue weighted by atomic mass is 10.1. The second kappa shape index (κ2) is 10.5. The SMILES string of the molecule is COc1cc(C(=O)Nc2cccc(Cn3ccnc3C(C)C)c2)cc(OC)c1OCC(N)=O. The molecule has 1 aromatic heterocycles. The van der Waals surface area contributed by atoms with E-state index in [2.05, 4.69) is 28.7 Å². The van der Waals surface area contributed by atoms with Crippen molar-refractivity contribution in [3.8, 4) is 17.2 Å². The lowest BCUT2D eigenvalue weighted by molar-refractivity contribution is -0.120. The number of aromatic nitrogens is 2. The third-order valence-electron chi connectivity index (χ3n) is 4.88. The standard InChI is InChI=1S/C24H28N4O5/c1-15(2)23-26-8-9-28(23)13-16-6-5-7-18(10-16)27-24(30)17-11-19(31-3)22(20(12-17)32-4)33-14-21(25)29/h5-12,15H,13-14H2,1-4H3,(H2,25,29)(H,27,30). The first-order valence-electron chi connectivity index (χ1n) is 10.4. The van der Waals surface area contributed by atoms with Gasteiger partial charge in [0.1, 0.15) is 5.82 Å². The summed E-state index contributed by atoms with van der Waals surface area (Å²) >= 11 is 0. The van der Waals surface area contributed by atoms with Crippen molar-refractivity contribution in [2.24, 2.45) is 5.73 Å². The number of rotatable bonds is 10. The first-order chi connectivity index (χ1) is 15.8. The molecule has 0 radical (unpaired) electrons. The Bertz CT molecular complexity index is 1110. The molecule has 0 bridgehead atoms. The second-order valence-corrected chi connectivity index (χ2v) is 7.69. The molecule has 0 aliphatic rings. The molecule has 0 atom stereocenters. The van der Waals surface area contributed by atoms with Crippen LogP contribution in [0.4, 0.5) is 5.69 Å². The van der Waals surface area contributed by atoms with Gasteiger partial charge in [-0.25, -0.2) is 4.98 Å². The molecule has 0 saturated carbocycles. The first kappa shape index (κ1) is 23.6. The number of anilines is 1. The maximum atomic E-state index is 12.9. The van der Waals surface area contributed by atoms with Gasteiger partial charge in [-0.15, -0.1) is 0 Å². The number of primary amides is 1. The number of nitrogens with one attached hydrogen (secondary N) is 1. The van der Waals surface area contributed by atoms with E-state index in [-0.39, 0.29) is 29.8 Å². The van der Waals surface area contributed by atoms with Gasteiger partial charge in [-0.3, -0.25) is 9.59 Å². The van der Waals surface area contributed by atoms with Crippen molar-refractivity contribution in [3.63, 3.8) is 0 Å². The van der Waals surface area contributed by atoms with Crippen LogP contribution in [0.1, 0.15) is 41.5 Å². The molecule has 1 heterocycles. The number of amides is 2. The van der Waals surface area contributed by atoms with Crippen LogP contribution >= 0.6 is 0 Å². The Balaban J connectivity index is 1.80. The van der Waals surface area contributed by atoms with Crippen molar-refractivity contribution in [1.82, 2.24) is 9.55 Å². The van der Waals surface area contributed by atoms with Gasteiger partial charge in [0.2, 0.25) is 5.75 Å². The van der Waals surface area contributed by atoms with Crippen LogP contribution in [0.2, 0.25) is 0 Å². The summed E-state index contributed by atoms with van der Waals surface area (Å²) in [4.78, 5) is 28.4. The summed E-state index contributed by atoms with van der Waals surface area (Å²) in [6.07, 6.45) is 3.74. The number of benzene rings is 2. The average molecular weight is 453 g/mol. The largest absolute Gasteiger partial charge is 0.493 e. The van der Waals surface area contributed by atoms with Crippen LogP contribution in [0.15, 0.2) is 48.8 Å². The van der Waals surface area contributed by atoms with Crippen LogP contribution in [0.5, 0.6) is 17.2 Å². The zero-order valence-corrected chi connectivity index (χ0v) is 19.1. The van der Waals surface area contributed by atoms with Crippen molar-refractivity contribution in [2.45, 2.75) is 26.3 Å². The Labute approximate surface area is 192 Å². The van der Waals surface area contributed by atoms with Gasteiger partial charge in [0.05, 0.1) is 14.2 Å². The minimum absolute atomic E-state index is 0.193. The summed E-state index contributed by atoms with van der Waals surface area (Å²) in [5, 5.41) is 2.90. The van der Waals surface area contributed by atoms with E-state index in [0.717, 1.165) is 11.4 Å². The van der Waals surface area contributed by atoms with E-state index in [4.69, 9.17) is 19.9 Å². The van der Waals surface area contributed by atoms with E-state index in [1.54, 1.807) is 6.20 Å². The quantitative estimate of drug-likeness (QED) is 0.488. The highest BCUT2D eigenvalue weighted by atomic mass is 16.5. The monoisotopic (exact) mass is 452 g/mol. The van der Waals surface area contributed by atoms with Gasteiger partial charge in [-0.05, 0) is 29.8 Å². The van der Waals surface area contributed by atoms with Gasteiger partial charge in [-0.2, -0.15) is 0 Å². The number of carbonyl (C=O) groups is 2. The molecule has 0 unspecified atom stereocenters. The number of hydrogen-bond acceptors (Lipinski definition) is 6. The zero-order chi connectivity index (χ0) is 24.0. The molecule has 174 valence electrons. The summed E-state index contributed by atoms with van der Waals surface area (Å²) in [5.41, 5.74) is 7.13. The van der Waals surface area contributed by atoms with Crippen molar-refractivity contribution < 1.29 is 23.8 Å². The van der Waals surface area contributed by atoms with Crippen molar-refractivity contribution in [3.05, 3.63) is 65.7 Å². The third-order valence-corrected chi connectivity index (χ3v) is 4.88. The Hall–Kier alpha value is -4.01. The van der Waals surface area contributed by atoms with Gasteiger partial charge >= 0.3 is 0 Å². The molecule has 0 spiro atoms. The fourth-order valence-electron chi connectivity index (χ4n) is 3.40. The lowest BCUT2D eigenvalue weighted by Gasteiger charge is -2.15. The molecule has 0 aliphatic carbocycles. The van der Waals surface area contributed by atoms with Gasteiger partial charge < -0.3 is 29.8 Å². The maximum absolute atomic E-state index is 12.9. The maximum Gasteiger partial charge on any atom is 0.255 e. The molecular formula is C24H28N4O5. The molecule has 9 nitrogen and oxygen atoms in total. The highest BCUT2D eigenvalue weighted by Gasteiger charge is 2.19. The molecule has 0 fully saturated rings. The van der Waals surface area contributed by atoms with Gasteiger partial charge in [0.15, 0.2) is 18.1 Å². The van der Waals surface area contributed by atoms with Crippen LogP contribution in [0.3, 0.4) is 0 Å². The van der Waals surface area contributed by atoms with E-state index in [1.807, 2.05) is 30.5 Å². The summed E-state index contributed by atoms with van der Waals surface area (Å²) in [7, 11) is 2.86. The molecular weight excluding hydrogens is 424 g/mol. The molecule has 3 rings (SSSR count). The number of carbonyl (C=O) groups excluding carboxylic acids is 2. The Morgan fingerprint density at radius 2 is 1.82 bits per heavy atom. The molecule has 3 aromatic rings. The number of nitrogens with two attached hydrogens (primary N) is 1. The predicted molar refractivity (Wildman–Crippen MR) is 124 cm³/mol. The number of nitrogens with zero attached hydrogens (tertiary/aromatic N) is 2. The van der Waals surface area contributed by atoms with E-state index in [9.17, 15) is 9.59 Å². The summed E-state index contributed by atoms with van der Waals surface area (Å²) in [6.45, 7) is 4.50. The first-order valence-corrected chi connectivity index (χ1v) is 10.4. The molecule has 33 heavy (non-hydrogen) atoms. The molecule has 0 aliphatic heterocycles. The van der Waals surface area contributed by atoms with E-state index < -0.39 is 5.91 Å². The average Bonchev–Trinajstić information content (AvgIpc) is 3.25. The van der Waals surface area contributed by atoms with E-state index in [1.165, 1.54) is 26.4 Å². The summed E-state index contributed by atoms with van der Waals surface area (Å²) in [5.74, 6) is 1.00. The highest BCUT2D eigenvalue weighted by Crippen LogP contribution is 2.38. The van der Waals surface area contributed by atoms with Crippen LogP contribution in [0.25, 0.3) is 0 Å². The molecule has 2 aromatic carbocycles. The number of methoxy groups -OCH3 is 2. The molecule has 9 heteroatoms. The van der Waals surface area contributed by atoms with Gasteiger partial charge in [0.25, 0.3) is 11.8 Å². The Kier molecular flexibility index (Phi) is 7.55. The highest BCUT2D eigenvalue weighted by molar-refractivity contribution is 6.05. The van der Waals surface area contributed by atoms with Crippen LogP contribution < -0.4 is 25.3 Å². The van der Waals surface area contributed by atoms with E-state index >= 15 is 0 Å². The number of ether oxygens (including phenoxy) is 3. The van der Waals surface area contributed by atoms with Crippen LogP contribution in [-0.2, 0) is 11.3 Å². The smallest absolute Gasteiger partial charge is 0.255 e. The Morgan fingerprint density at radius 1 is 1.12 bits per heavy atom. The minimum Gasteiger partial charge on any atom is -0.493 e. The van der Waals surface area contributed by atoms with Crippen LogP contribution in [0, 0.1) is 0 Å². The van der Waals surface area contributed by atoms with Gasteiger partial charge in [0, 0.05) is 36.1 Å². The normalized spacial score (nSPS) is 10.7. The molecule has 3 N–H and O–H groups in total.